The van der Waals surface area contributed by atoms with E-state index in [1.807, 2.05) is 41.3 Å². The predicted octanol–water partition coefficient (Wildman–Crippen LogP) is 4.66. The quantitative estimate of drug-likeness (QED) is 0.522. The van der Waals surface area contributed by atoms with Crippen molar-refractivity contribution < 1.29 is 18.0 Å². The van der Waals surface area contributed by atoms with E-state index in [1.54, 1.807) is 25.1 Å². The average Bonchev–Trinajstić information content (AvgIpc) is 3.40. The molecule has 1 amide bonds. The summed E-state index contributed by atoms with van der Waals surface area (Å²) in [6.45, 7) is 3.86. The van der Waals surface area contributed by atoms with Gasteiger partial charge in [0.25, 0.3) is 5.91 Å². The monoisotopic (exact) mass is 471 g/mol. The zero-order valence-electron chi connectivity index (χ0n) is 17.7. The van der Waals surface area contributed by atoms with Crippen molar-refractivity contribution in [1.82, 2.24) is 9.88 Å². The van der Waals surface area contributed by atoms with Gasteiger partial charge in [0.1, 0.15) is 0 Å². The second kappa shape index (κ2) is 8.18. The third-order valence-corrected chi connectivity index (χ3v) is 6.82. The Morgan fingerprint density at radius 2 is 1.64 bits per heavy atom. The molecule has 6 nitrogen and oxygen atoms in total. The largest absolute Gasteiger partial charge is 0.436 e. The number of fused-ring (bicyclic) bond motifs is 1. The van der Waals surface area contributed by atoms with E-state index in [-0.39, 0.29) is 10.8 Å². The zero-order chi connectivity index (χ0) is 23.2. The lowest BCUT2D eigenvalue weighted by atomic mass is 10.1. The highest BCUT2D eigenvalue weighted by molar-refractivity contribution is 7.22. The maximum absolute atomic E-state index is 13.9. The first-order chi connectivity index (χ1) is 15.8. The Hall–Kier alpha value is -3.40. The van der Waals surface area contributed by atoms with Crippen LogP contribution in [0.2, 0.25) is 0 Å². The van der Waals surface area contributed by atoms with Gasteiger partial charge < -0.3 is 9.80 Å². The fourth-order valence-corrected chi connectivity index (χ4v) is 5.02. The van der Waals surface area contributed by atoms with E-state index in [0.717, 1.165) is 26.7 Å². The number of hydrogen-bond donors (Lipinski definition) is 0. The minimum atomic E-state index is -4.76. The maximum Gasteiger partial charge on any atom is 0.436 e. The molecular weight excluding hydrogens is 451 g/mol. The fourth-order valence-electron chi connectivity index (χ4n) is 4.10. The number of nitrogens with zero attached hydrogens (tertiary/aromatic N) is 5. The predicted molar refractivity (Wildman–Crippen MR) is 124 cm³/mol. The number of carbonyl (C=O) groups is 1. The normalized spacial score (nSPS) is 18.8. The van der Waals surface area contributed by atoms with Crippen LogP contribution in [-0.2, 0) is 4.79 Å². The maximum atomic E-state index is 13.9. The Morgan fingerprint density at radius 1 is 0.970 bits per heavy atom. The highest BCUT2D eigenvalue weighted by Gasteiger charge is 2.49. The lowest BCUT2D eigenvalue weighted by Crippen LogP contribution is -2.46. The molecule has 5 rings (SSSR count). The molecule has 3 heterocycles. The van der Waals surface area contributed by atoms with Crippen LogP contribution in [0.1, 0.15) is 6.92 Å². The van der Waals surface area contributed by atoms with Crippen molar-refractivity contribution in [3.8, 4) is 0 Å². The number of benzene rings is 2. The van der Waals surface area contributed by atoms with E-state index < -0.39 is 23.4 Å². The van der Waals surface area contributed by atoms with Crippen molar-refractivity contribution in [3.05, 3.63) is 65.9 Å². The van der Waals surface area contributed by atoms with Crippen LogP contribution in [-0.4, -0.2) is 53.9 Å². The summed E-state index contributed by atoms with van der Waals surface area (Å²) in [5.74, 6) is -0.802. The number of amides is 1. The number of para-hydroxylation sites is 2. The van der Waals surface area contributed by atoms with Crippen molar-refractivity contribution in [1.29, 1.82) is 0 Å². The summed E-state index contributed by atoms with van der Waals surface area (Å²) < 4.78 is 42.5. The molecule has 0 radical (unpaired) electrons. The van der Waals surface area contributed by atoms with Crippen LogP contribution in [0, 0.1) is 0 Å². The lowest BCUT2D eigenvalue weighted by Gasteiger charge is -2.38. The fraction of sp³-hybridized carbons (Fsp3) is 0.261. The van der Waals surface area contributed by atoms with Crippen molar-refractivity contribution in [2.75, 3.05) is 36.1 Å². The summed E-state index contributed by atoms with van der Waals surface area (Å²) in [6.07, 6.45) is -4.76. The van der Waals surface area contributed by atoms with E-state index in [0.29, 0.717) is 31.7 Å². The number of allylic oxidation sites excluding steroid dienone is 1. The summed E-state index contributed by atoms with van der Waals surface area (Å²) in [5, 5.41) is 4.60. The van der Waals surface area contributed by atoms with Crippen molar-refractivity contribution in [2.24, 2.45) is 5.10 Å². The molecule has 0 unspecified atom stereocenters. The smallest absolute Gasteiger partial charge is 0.371 e. The van der Waals surface area contributed by atoms with Crippen molar-refractivity contribution in [2.45, 2.75) is 13.1 Å². The van der Waals surface area contributed by atoms with E-state index >= 15 is 0 Å². The highest BCUT2D eigenvalue weighted by Crippen LogP contribution is 2.37. The number of halogens is 3. The summed E-state index contributed by atoms with van der Waals surface area (Å²) >= 11 is 1.13. The molecule has 2 aliphatic heterocycles. The standard InChI is InChI=1S/C23H20F3N5OS/c1-15(29-11-13-30(14-12-29)16-7-3-2-4-8-16)19-20(23(24,25)26)28-31(21(19)32)22-27-17-9-5-6-10-18(17)33-22/h2-10H,11-14H2,1H3. The molecule has 0 saturated carbocycles. The second-order valence-corrected chi connectivity index (χ2v) is 8.81. The first-order valence-electron chi connectivity index (χ1n) is 10.4. The molecule has 170 valence electrons. The Kier molecular flexibility index (Phi) is 5.32. The number of hydrazone groups is 1. The van der Waals surface area contributed by atoms with Crippen LogP contribution in [0.25, 0.3) is 10.2 Å². The molecule has 33 heavy (non-hydrogen) atoms. The van der Waals surface area contributed by atoms with Crippen LogP contribution in [0.5, 0.6) is 0 Å². The van der Waals surface area contributed by atoms with E-state index in [9.17, 15) is 18.0 Å². The Labute approximate surface area is 192 Å². The van der Waals surface area contributed by atoms with Gasteiger partial charge in [0.05, 0.1) is 15.8 Å². The SMILES string of the molecule is CC(=C1C(=O)N(c2nc3ccccc3s2)N=C1C(F)(F)F)N1CCN(c2ccccc2)CC1. The summed E-state index contributed by atoms with van der Waals surface area (Å²) in [5.41, 5.74) is 0.385. The van der Waals surface area contributed by atoms with E-state index in [2.05, 4.69) is 15.0 Å². The van der Waals surface area contributed by atoms with Gasteiger partial charge in [-0.2, -0.15) is 23.3 Å². The minimum Gasteiger partial charge on any atom is -0.371 e. The first-order valence-corrected chi connectivity index (χ1v) is 11.3. The van der Waals surface area contributed by atoms with Gasteiger partial charge in [-0.25, -0.2) is 4.98 Å². The topological polar surface area (TPSA) is 52.0 Å². The van der Waals surface area contributed by atoms with Gasteiger partial charge in [0.2, 0.25) is 5.13 Å². The minimum absolute atomic E-state index is 0.125. The molecule has 1 aromatic heterocycles. The number of aromatic nitrogens is 1. The number of piperazine rings is 1. The van der Waals surface area contributed by atoms with Crippen molar-refractivity contribution >= 4 is 44.0 Å². The van der Waals surface area contributed by atoms with Gasteiger partial charge in [-0.15, -0.1) is 0 Å². The number of thiazole rings is 1. The molecule has 1 saturated heterocycles. The lowest BCUT2D eigenvalue weighted by molar-refractivity contribution is -0.114. The van der Waals surface area contributed by atoms with Crippen LogP contribution >= 0.6 is 11.3 Å². The van der Waals surface area contributed by atoms with Crippen LogP contribution in [0.3, 0.4) is 0 Å². The number of anilines is 2. The summed E-state index contributed by atoms with van der Waals surface area (Å²) in [7, 11) is 0. The van der Waals surface area contributed by atoms with E-state index in [4.69, 9.17) is 0 Å². The van der Waals surface area contributed by atoms with Crippen LogP contribution in [0.4, 0.5) is 24.0 Å². The summed E-state index contributed by atoms with van der Waals surface area (Å²) in [4.78, 5) is 21.5. The molecule has 10 heteroatoms. The van der Waals surface area contributed by atoms with Gasteiger partial charge in [0.15, 0.2) is 5.71 Å². The number of carbonyl (C=O) groups excluding carboxylic acids is 1. The molecule has 0 aliphatic carbocycles. The molecular formula is C23H20F3N5OS. The number of alkyl halides is 3. The molecule has 0 spiro atoms. The van der Waals surface area contributed by atoms with Gasteiger partial charge in [-0.05, 0) is 31.2 Å². The molecule has 1 fully saturated rings. The van der Waals surface area contributed by atoms with Crippen LogP contribution < -0.4 is 9.91 Å². The van der Waals surface area contributed by atoms with Gasteiger partial charge >= 0.3 is 6.18 Å². The van der Waals surface area contributed by atoms with Gasteiger partial charge in [0, 0.05) is 37.6 Å². The molecule has 0 atom stereocenters. The molecule has 0 bridgehead atoms. The third-order valence-electron chi connectivity index (χ3n) is 5.81. The second-order valence-electron chi connectivity index (χ2n) is 7.80. The van der Waals surface area contributed by atoms with Gasteiger partial charge in [-0.1, -0.05) is 41.7 Å². The Bertz CT molecular complexity index is 1230. The van der Waals surface area contributed by atoms with E-state index in [1.165, 1.54) is 0 Å². The Morgan fingerprint density at radius 3 is 2.30 bits per heavy atom. The van der Waals surface area contributed by atoms with Crippen LogP contribution in [0.15, 0.2) is 71.0 Å². The molecule has 3 aromatic rings. The number of hydrogen-bond acceptors (Lipinski definition) is 6. The first kappa shape index (κ1) is 21.4. The molecule has 2 aliphatic rings. The third kappa shape index (κ3) is 3.95. The number of rotatable bonds is 3. The Balaban J connectivity index is 1.44. The molecule has 0 N–H and O–H groups in total. The summed E-state index contributed by atoms with van der Waals surface area (Å²) in [6, 6.07) is 17.0. The van der Waals surface area contributed by atoms with Gasteiger partial charge in [-0.3, -0.25) is 4.79 Å². The highest BCUT2D eigenvalue weighted by atomic mass is 32.1. The zero-order valence-corrected chi connectivity index (χ0v) is 18.5. The van der Waals surface area contributed by atoms with Crippen molar-refractivity contribution in [3.63, 3.8) is 0 Å². The molecule has 2 aromatic carbocycles. The average molecular weight is 472 g/mol.